The van der Waals surface area contributed by atoms with Gasteiger partial charge in [0.1, 0.15) is 0 Å². The minimum atomic E-state index is 0.343. The van der Waals surface area contributed by atoms with E-state index in [1.54, 1.807) is 0 Å². The first-order chi connectivity index (χ1) is 8.58. The van der Waals surface area contributed by atoms with Crippen molar-refractivity contribution in [1.29, 1.82) is 0 Å². The van der Waals surface area contributed by atoms with Gasteiger partial charge in [0.25, 0.3) is 0 Å². The van der Waals surface area contributed by atoms with E-state index < -0.39 is 0 Å². The maximum absolute atomic E-state index is 5.79. The van der Waals surface area contributed by atoms with Gasteiger partial charge in [-0.2, -0.15) is 0 Å². The number of nitrogens with zero attached hydrogens (tertiary/aromatic N) is 1. The summed E-state index contributed by atoms with van der Waals surface area (Å²) in [5.41, 5.74) is 0.729. The average Bonchev–Trinajstić information content (AvgIpc) is 2.67. The van der Waals surface area contributed by atoms with Crippen LogP contribution in [0.1, 0.15) is 46.5 Å². The molecule has 0 aromatic rings. The second-order valence-corrected chi connectivity index (χ2v) is 6.77. The van der Waals surface area contributed by atoms with Crippen LogP contribution in [-0.4, -0.2) is 49.8 Å². The lowest BCUT2D eigenvalue weighted by molar-refractivity contribution is -0.0350. The monoisotopic (exact) mass is 254 g/mol. The van der Waals surface area contributed by atoms with Crippen LogP contribution in [0.15, 0.2) is 0 Å². The lowest BCUT2D eigenvalue weighted by Gasteiger charge is -2.44. The minimum absolute atomic E-state index is 0.343. The molecule has 1 atom stereocenters. The fourth-order valence-corrected chi connectivity index (χ4v) is 3.48. The molecular weight excluding hydrogens is 224 g/mol. The predicted molar refractivity (Wildman–Crippen MR) is 75.9 cm³/mol. The smallest absolute Gasteiger partial charge is 0.0546 e. The molecule has 0 amide bonds. The molecule has 2 fully saturated rings. The van der Waals surface area contributed by atoms with Crippen molar-refractivity contribution in [3.63, 3.8) is 0 Å². The predicted octanol–water partition coefficient (Wildman–Crippen LogP) is 2.27. The number of ether oxygens (including phenoxy) is 1. The van der Waals surface area contributed by atoms with Crippen LogP contribution in [0, 0.1) is 5.41 Å². The van der Waals surface area contributed by atoms with Crippen LogP contribution < -0.4 is 5.32 Å². The van der Waals surface area contributed by atoms with E-state index in [9.17, 15) is 0 Å². The van der Waals surface area contributed by atoms with Gasteiger partial charge in [-0.15, -0.1) is 0 Å². The van der Waals surface area contributed by atoms with Crippen LogP contribution in [0.3, 0.4) is 0 Å². The summed E-state index contributed by atoms with van der Waals surface area (Å²) in [7, 11) is 0. The second kappa shape index (κ2) is 5.89. The molecule has 2 heterocycles. The molecule has 2 rings (SSSR count). The summed E-state index contributed by atoms with van der Waals surface area (Å²) in [6.07, 6.45) is 5.22. The molecule has 0 bridgehead atoms. The summed E-state index contributed by atoms with van der Waals surface area (Å²) < 4.78 is 5.79. The Kier molecular flexibility index (Phi) is 4.68. The zero-order chi connectivity index (χ0) is 13.1. The highest BCUT2D eigenvalue weighted by Crippen LogP contribution is 2.35. The van der Waals surface area contributed by atoms with Crippen LogP contribution in [0.5, 0.6) is 0 Å². The largest absolute Gasteiger partial charge is 0.381 e. The van der Waals surface area contributed by atoms with Gasteiger partial charge < -0.3 is 10.1 Å². The number of likely N-dealkylation sites (tertiary alicyclic amines) is 1. The highest BCUT2D eigenvalue weighted by Gasteiger charge is 2.40. The van der Waals surface area contributed by atoms with Gasteiger partial charge in [0.05, 0.1) is 6.61 Å². The van der Waals surface area contributed by atoms with Crippen molar-refractivity contribution in [2.75, 3.05) is 39.4 Å². The maximum atomic E-state index is 5.79. The topological polar surface area (TPSA) is 24.5 Å². The molecule has 0 aromatic carbocycles. The van der Waals surface area contributed by atoms with Crippen molar-refractivity contribution in [3.8, 4) is 0 Å². The third kappa shape index (κ3) is 3.25. The van der Waals surface area contributed by atoms with Crippen LogP contribution in [0.4, 0.5) is 0 Å². The van der Waals surface area contributed by atoms with Crippen molar-refractivity contribution in [1.82, 2.24) is 10.2 Å². The fraction of sp³-hybridized carbons (Fsp3) is 1.00. The maximum Gasteiger partial charge on any atom is 0.0546 e. The third-order valence-electron chi connectivity index (χ3n) is 4.75. The van der Waals surface area contributed by atoms with E-state index in [1.807, 2.05) is 0 Å². The van der Waals surface area contributed by atoms with Gasteiger partial charge in [-0.25, -0.2) is 0 Å². The Morgan fingerprint density at radius 1 is 1.22 bits per heavy atom. The molecule has 3 nitrogen and oxygen atoms in total. The Labute approximate surface area is 112 Å². The Morgan fingerprint density at radius 3 is 2.61 bits per heavy atom. The van der Waals surface area contributed by atoms with Crippen molar-refractivity contribution < 1.29 is 4.74 Å². The van der Waals surface area contributed by atoms with Crippen molar-refractivity contribution >= 4 is 0 Å². The summed E-state index contributed by atoms with van der Waals surface area (Å²) >= 11 is 0. The van der Waals surface area contributed by atoms with E-state index in [1.165, 1.54) is 38.8 Å². The van der Waals surface area contributed by atoms with E-state index in [4.69, 9.17) is 4.74 Å². The summed E-state index contributed by atoms with van der Waals surface area (Å²) in [5, 5.41) is 3.55. The second-order valence-electron chi connectivity index (χ2n) is 6.77. The van der Waals surface area contributed by atoms with Gasteiger partial charge in [0, 0.05) is 30.7 Å². The zero-order valence-electron chi connectivity index (χ0n) is 12.4. The van der Waals surface area contributed by atoms with Crippen LogP contribution in [-0.2, 0) is 4.74 Å². The van der Waals surface area contributed by atoms with Gasteiger partial charge in [-0.3, -0.25) is 4.90 Å². The first kappa shape index (κ1) is 14.3. The van der Waals surface area contributed by atoms with Crippen LogP contribution in [0.2, 0.25) is 0 Å². The van der Waals surface area contributed by atoms with Crippen molar-refractivity contribution in [2.24, 2.45) is 5.41 Å². The lowest BCUT2D eigenvalue weighted by Crippen LogP contribution is -2.52. The molecule has 0 spiro atoms. The summed E-state index contributed by atoms with van der Waals surface area (Å²) in [6, 6.07) is 0. The van der Waals surface area contributed by atoms with Gasteiger partial charge in [-0.1, -0.05) is 6.92 Å². The highest BCUT2D eigenvalue weighted by atomic mass is 16.5. The molecule has 0 saturated carbocycles. The summed E-state index contributed by atoms with van der Waals surface area (Å²) in [4.78, 5) is 2.69. The van der Waals surface area contributed by atoms with Crippen LogP contribution in [0.25, 0.3) is 0 Å². The quantitative estimate of drug-likeness (QED) is 0.814. The molecule has 2 aliphatic heterocycles. The number of rotatable bonds is 5. The van der Waals surface area contributed by atoms with Crippen molar-refractivity contribution in [3.05, 3.63) is 0 Å². The Balaban J connectivity index is 2.00. The van der Waals surface area contributed by atoms with Gasteiger partial charge in [0.2, 0.25) is 0 Å². The van der Waals surface area contributed by atoms with Gasteiger partial charge in [-0.05, 0) is 52.6 Å². The number of hydrogen-bond acceptors (Lipinski definition) is 3. The number of nitrogens with one attached hydrogen (secondary N) is 1. The normalized spacial score (nSPS) is 32.8. The molecule has 18 heavy (non-hydrogen) atoms. The Hall–Kier alpha value is -0.120. The summed E-state index contributed by atoms with van der Waals surface area (Å²) in [6.45, 7) is 13.5. The van der Waals surface area contributed by atoms with E-state index in [-0.39, 0.29) is 0 Å². The van der Waals surface area contributed by atoms with E-state index in [0.717, 1.165) is 26.3 Å². The molecule has 0 aliphatic carbocycles. The SMILES string of the molecule is CCNCC1(CN2CCCC2(C)C)CCCOC1. The molecule has 2 aliphatic rings. The minimum Gasteiger partial charge on any atom is -0.381 e. The zero-order valence-corrected chi connectivity index (χ0v) is 12.4. The molecule has 0 aromatic heterocycles. The highest BCUT2D eigenvalue weighted by molar-refractivity contribution is 4.94. The molecule has 1 N–H and O–H groups in total. The molecular formula is C15H30N2O. The first-order valence-electron chi connectivity index (χ1n) is 7.62. The van der Waals surface area contributed by atoms with Crippen molar-refractivity contribution in [2.45, 2.75) is 52.0 Å². The standard InChI is InChI=1S/C15H30N2O/c1-4-16-11-15(8-6-10-18-13-15)12-17-9-5-7-14(17,2)3/h16H,4-13H2,1-3H3. The number of hydrogen-bond donors (Lipinski definition) is 1. The van der Waals surface area contributed by atoms with E-state index in [0.29, 0.717) is 11.0 Å². The molecule has 2 saturated heterocycles. The van der Waals surface area contributed by atoms with Gasteiger partial charge in [0.15, 0.2) is 0 Å². The molecule has 3 heteroatoms. The Bertz CT molecular complexity index is 259. The molecule has 0 radical (unpaired) electrons. The Morgan fingerprint density at radius 2 is 2.06 bits per heavy atom. The van der Waals surface area contributed by atoms with E-state index in [2.05, 4.69) is 31.0 Å². The third-order valence-corrected chi connectivity index (χ3v) is 4.75. The lowest BCUT2D eigenvalue weighted by atomic mass is 9.81. The first-order valence-corrected chi connectivity index (χ1v) is 7.62. The van der Waals surface area contributed by atoms with Crippen LogP contribution >= 0.6 is 0 Å². The molecule has 106 valence electrons. The summed E-state index contributed by atoms with van der Waals surface area (Å²) in [5.74, 6) is 0. The van der Waals surface area contributed by atoms with Gasteiger partial charge >= 0.3 is 0 Å². The molecule has 1 unspecified atom stereocenters. The fourth-order valence-electron chi connectivity index (χ4n) is 3.48. The average molecular weight is 254 g/mol. The van der Waals surface area contributed by atoms with E-state index >= 15 is 0 Å².